The Morgan fingerprint density at radius 1 is 1.30 bits per heavy atom. The van der Waals surface area contributed by atoms with E-state index in [2.05, 4.69) is 9.97 Å². The number of carbonyl (C=O) groups is 1. The summed E-state index contributed by atoms with van der Waals surface area (Å²) in [5.74, 6) is 0.316. The molecule has 0 saturated carbocycles. The maximum atomic E-state index is 13.0. The second-order valence-electron chi connectivity index (χ2n) is 6.97. The fourth-order valence-corrected chi connectivity index (χ4v) is 2.77. The Morgan fingerprint density at radius 2 is 1.93 bits per heavy atom. The van der Waals surface area contributed by atoms with Gasteiger partial charge in [0.25, 0.3) is 0 Å². The van der Waals surface area contributed by atoms with Crippen LogP contribution in [0.4, 0.5) is 16.3 Å². The number of rotatable bonds is 3. The lowest BCUT2D eigenvalue weighted by atomic mass is 10.0. The van der Waals surface area contributed by atoms with Gasteiger partial charge in [-0.1, -0.05) is 0 Å². The van der Waals surface area contributed by atoms with E-state index < -0.39 is 11.7 Å². The third kappa shape index (κ3) is 5.28. The van der Waals surface area contributed by atoms with Crippen molar-refractivity contribution >= 4 is 35.3 Å². The van der Waals surface area contributed by atoms with Crippen molar-refractivity contribution in [3.63, 3.8) is 0 Å². The van der Waals surface area contributed by atoms with E-state index in [1.165, 1.54) is 17.2 Å². The summed E-state index contributed by atoms with van der Waals surface area (Å²) in [7, 11) is 0. The summed E-state index contributed by atoms with van der Waals surface area (Å²) < 4.78 is 5.58. The molecule has 2 aromatic rings. The Kier molecular flexibility index (Phi) is 6.19. The highest BCUT2D eigenvalue weighted by Gasteiger charge is 2.28. The molecule has 7 heteroatoms. The monoisotopic (exact) mass is 384 g/mol. The van der Waals surface area contributed by atoms with Crippen LogP contribution in [0.15, 0.2) is 30.5 Å². The molecule has 0 saturated heterocycles. The highest BCUT2D eigenvalue weighted by molar-refractivity contribution is 6.28. The third-order valence-electron chi connectivity index (χ3n) is 3.50. The van der Waals surface area contributed by atoms with Crippen molar-refractivity contribution in [1.82, 2.24) is 9.97 Å². The van der Waals surface area contributed by atoms with Crippen molar-refractivity contribution in [2.75, 3.05) is 4.90 Å². The molecule has 6 nitrogen and oxygen atoms in total. The van der Waals surface area contributed by atoms with Gasteiger partial charge in [-0.25, -0.2) is 14.7 Å². The summed E-state index contributed by atoms with van der Waals surface area (Å²) in [6.45, 7) is 9.15. The number of hydrogen-bond donors (Lipinski definition) is 0. The Balaban J connectivity index is 2.62. The van der Waals surface area contributed by atoms with Gasteiger partial charge in [0.05, 0.1) is 11.8 Å². The number of ether oxygens (including phenoxy) is 1. The number of nitriles is 1. The molecule has 0 aliphatic carbocycles. The van der Waals surface area contributed by atoms with E-state index in [1.54, 1.807) is 32.9 Å². The van der Waals surface area contributed by atoms with Crippen LogP contribution in [0.25, 0.3) is 6.08 Å². The molecule has 0 N–H and O–H groups in total. The first-order chi connectivity index (χ1) is 12.6. The van der Waals surface area contributed by atoms with Gasteiger partial charge < -0.3 is 4.74 Å². The largest absolute Gasteiger partial charge is 0.443 e. The predicted molar refractivity (Wildman–Crippen MR) is 106 cm³/mol. The quantitative estimate of drug-likeness (QED) is 0.526. The Hall–Kier alpha value is -2.91. The molecule has 0 fully saturated rings. The average Bonchev–Trinajstić information content (AvgIpc) is 2.54. The molecule has 0 aliphatic heterocycles. The van der Waals surface area contributed by atoms with Gasteiger partial charge in [0.1, 0.15) is 11.4 Å². The first-order valence-electron chi connectivity index (χ1n) is 8.31. The SMILES string of the molecule is Cc1cc(/C=C/C#N)cc(C)c1N(C(=O)OC(C)(C)C)c1ccnc(Cl)n1. The van der Waals surface area contributed by atoms with Crippen LogP contribution in [-0.4, -0.2) is 21.7 Å². The van der Waals surface area contributed by atoms with Gasteiger partial charge in [0.2, 0.25) is 5.28 Å². The lowest BCUT2D eigenvalue weighted by Crippen LogP contribution is -2.35. The number of aryl methyl sites for hydroxylation is 2. The van der Waals surface area contributed by atoms with Crippen molar-refractivity contribution in [2.24, 2.45) is 0 Å². The third-order valence-corrected chi connectivity index (χ3v) is 3.69. The van der Waals surface area contributed by atoms with Crippen LogP contribution in [0.2, 0.25) is 5.28 Å². The van der Waals surface area contributed by atoms with Crippen molar-refractivity contribution in [2.45, 2.75) is 40.2 Å². The minimum Gasteiger partial charge on any atom is -0.443 e. The smallest absolute Gasteiger partial charge is 0.420 e. The molecule has 1 aromatic heterocycles. The Bertz CT molecular complexity index is 903. The second-order valence-corrected chi connectivity index (χ2v) is 7.30. The lowest BCUT2D eigenvalue weighted by Gasteiger charge is -2.29. The van der Waals surface area contributed by atoms with Crippen LogP contribution < -0.4 is 4.90 Å². The summed E-state index contributed by atoms with van der Waals surface area (Å²) in [4.78, 5) is 22.4. The van der Waals surface area contributed by atoms with E-state index >= 15 is 0 Å². The number of benzene rings is 1. The second kappa shape index (κ2) is 8.19. The predicted octanol–water partition coefficient (Wildman–Crippen LogP) is 5.36. The summed E-state index contributed by atoms with van der Waals surface area (Å²) in [6.07, 6.45) is 4.03. The summed E-state index contributed by atoms with van der Waals surface area (Å²) in [5, 5.41) is 8.76. The summed E-state index contributed by atoms with van der Waals surface area (Å²) in [5.41, 5.74) is 2.48. The first kappa shape index (κ1) is 20.4. The number of hydrogen-bond acceptors (Lipinski definition) is 5. The summed E-state index contributed by atoms with van der Waals surface area (Å²) >= 11 is 5.94. The van der Waals surface area contributed by atoms with Crippen LogP contribution in [0.5, 0.6) is 0 Å². The van der Waals surface area contributed by atoms with E-state index in [9.17, 15) is 4.79 Å². The van der Waals surface area contributed by atoms with Crippen LogP contribution in [0, 0.1) is 25.2 Å². The minimum absolute atomic E-state index is 0.0324. The minimum atomic E-state index is -0.677. The Morgan fingerprint density at radius 3 is 2.44 bits per heavy atom. The van der Waals surface area contributed by atoms with E-state index in [1.807, 2.05) is 32.0 Å². The number of carbonyl (C=O) groups excluding carboxylic acids is 1. The highest BCUT2D eigenvalue weighted by atomic mass is 35.5. The molecule has 1 heterocycles. The molecule has 140 valence electrons. The standard InChI is InChI=1S/C20H21ClN4O2/c1-13-11-15(7-6-9-22)12-14(2)17(13)25(19(26)27-20(3,4)5)16-8-10-23-18(21)24-16/h6-8,10-12H,1-5H3/b7-6+. The lowest BCUT2D eigenvalue weighted by molar-refractivity contribution is 0.0597. The van der Waals surface area contributed by atoms with Crippen molar-refractivity contribution < 1.29 is 9.53 Å². The average molecular weight is 385 g/mol. The molecular weight excluding hydrogens is 364 g/mol. The van der Waals surface area contributed by atoms with Crippen LogP contribution >= 0.6 is 11.6 Å². The first-order valence-corrected chi connectivity index (χ1v) is 8.69. The zero-order chi connectivity index (χ0) is 20.2. The zero-order valence-corrected chi connectivity index (χ0v) is 16.7. The fraction of sp³-hybridized carbons (Fsp3) is 0.300. The number of amides is 1. The topological polar surface area (TPSA) is 79.1 Å². The molecule has 0 spiro atoms. The molecule has 27 heavy (non-hydrogen) atoms. The molecular formula is C20H21ClN4O2. The van der Waals surface area contributed by atoms with Crippen LogP contribution in [-0.2, 0) is 4.74 Å². The van der Waals surface area contributed by atoms with Crippen LogP contribution in [0.1, 0.15) is 37.5 Å². The molecule has 0 atom stereocenters. The zero-order valence-electron chi connectivity index (χ0n) is 15.9. The highest BCUT2D eigenvalue weighted by Crippen LogP contribution is 2.33. The molecule has 1 aromatic carbocycles. The fourth-order valence-electron chi connectivity index (χ4n) is 2.63. The Labute approximate surface area is 164 Å². The normalized spacial score (nSPS) is 11.3. The number of allylic oxidation sites excluding steroid dienone is 1. The van der Waals surface area contributed by atoms with Gasteiger partial charge in [-0.2, -0.15) is 10.2 Å². The molecule has 0 radical (unpaired) electrons. The molecule has 1 amide bonds. The van der Waals surface area contributed by atoms with Gasteiger partial charge in [0.15, 0.2) is 0 Å². The number of nitrogens with zero attached hydrogens (tertiary/aromatic N) is 4. The van der Waals surface area contributed by atoms with E-state index in [0.29, 0.717) is 11.5 Å². The molecule has 0 unspecified atom stereocenters. The van der Waals surface area contributed by atoms with Crippen molar-refractivity contribution in [3.8, 4) is 6.07 Å². The van der Waals surface area contributed by atoms with Gasteiger partial charge in [-0.05, 0) is 81.1 Å². The maximum absolute atomic E-state index is 13.0. The summed E-state index contributed by atoms with van der Waals surface area (Å²) in [6, 6.07) is 7.34. The van der Waals surface area contributed by atoms with Gasteiger partial charge in [-0.3, -0.25) is 0 Å². The van der Waals surface area contributed by atoms with Crippen molar-refractivity contribution in [1.29, 1.82) is 5.26 Å². The maximum Gasteiger partial charge on any atom is 0.420 e. The van der Waals surface area contributed by atoms with Crippen molar-refractivity contribution in [3.05, 3.63) is 52.4 Å². The van der Waals surface area contributed by atoms with Gasteiger partial charge in [0, 0.05) is 18.3 Å². The molecule has 2 rings (SSSR count). The van der Waals surface area contributed by atoms with Crippen LogP contribution in [0.3, 0.4) is 0 Å². The molecule has 0 aliphatic rings. The number of aromatic nitrogens is 2. The van der Waals surface area contributed by atoms with E-state index in [-0.39, 0.29) is 5.28 Å². The van der Waals surface area contributed by atoms with E-state index in [0.717, 1.165) is 16.7 Å². The number of halogens is 1. The van der Waals surface area contributed by atoms with E-state index in [4.69, 9.17) is 21.6 Å². The number of anilines is 2. The molecule has 0 bridgehead atoms. The van der Waals surface area contributed by atoms with Gasteiger partial charge >= 0.3 is 6.09 Å². The van der Waals surface area contributed by atoms with Gasteiger partial charge in [-0.15, -0.1) is 0 Å².